The lowest BCUT2D eigenvalue weighted by molar-refractivity contribution is -0.181. The molecule has 1 aromatic rings. The number of amides is 1. The van der Waals surface area contributed by atoms with Gasteiger partial charge in [-0.1, -0.05) is 12.8 Å². The predicted molar refractivity (Wildman–Crippen MR) is 89.9 cm³/mol. The van der Waals surface area contributed by atoms with Gasteiger partial charge in [0.15, 0.2) is 5.79 Å². The number of anilines is 1. The molecule has 1 aliphatic carbocycles. The third-order valence-corrected chi connectivity index (χ3v) is 5.33. The van der Waals surface area contributed by atoms with Crippen LogP contribution in [0, 0.1) is 0 Å². The zero-order valence-corrected chi connectivity index (χ0v) is 14.0. The fourth-order valence-electron chi connectivity index (χ4n) is 3.94. The molecule has 1 saturated carbocycles. The first kappa shape index (κ1) is 15.8. The number of likely N-dealkylation sites (tertiary alicyclic amines) is 1. The number of hydrogen-bond donors (Lipinski definition) is 1. The second-order valence-electron chi connectivity index (χ2n) is 6.96. The summed E-state index contributed by atoms with van der Waals surface area (Å²) in [5.74, 6) is -0.450. The van der Waals surface area contributed by atoms with Gasteiger partial charge in [-0.05, 0) is 25.0 Å². The number of ether oxygens (including phenoxy) is 2. The maximum absolute atomic E-state index is 12.7. The van der Waals surface area contributed by atoms with Crippen molar-refractivity contribution < 1.29 is 14.3 Å². The van der Waals surface area contributed by atoms with Gasteiger partial charge in [0.1, 0.15) is 5.69 Å². The molecule has 3 aliphatic rings. The van der Waals surface area contributed by atoms with E-state index in [0.717, 1.165) is 18.5 Å². The summed E-state index contributed by atoms with van der Waals surface area (Å²) in [6.45, 7) is 2.62. The first-order valence-electron chi connectivity index (χ1n) is 9.04. The molecule has 3 heterocycles. The highest BCUT2D eigenvalue weighted by Gasteiger charge is 2.41. The van der Waals surface area contributed by atoms with Gasteiger partial charge in [-0.2, -0.15) is 0 Å². The van der Waals surface area contributed by atoms with Gasteiger partial charge in [-0.15, -0.1) is 0 Å². The van der Waals surface area contributed by atoms with Crippen LogP contribution >= 0.6 is 0 Å². The van der Waals surface area contributed by atoms with Gasteiger partial charge in [-0.25, -0.2) is 0 Å². The molecule has 0 aromatic carbocycles. The molecule has 0 radical (unpaired) electrons. The number of pyridine rings is 1. The van der Waals surface area contributed by atoms with Crippen molar-refractivity contribution in [2.75, 3.05) is 31.6 Å². The normalized spacial score (nSPS) is 23.8. The number of carbonyl (C=O) groups is 1. The van der Waals surface area contributed by atoms with Crippen molar-refractivity contribution >= 4 is 11.6 Å². The first-order valence-corrected chi connectivity index (χ1v) is 9.04. The number of carbonyl (C=O) groups excluding carboxylic acids is 1. The summed E-state index contributed by atoms with van der Waals surface area (Å²) in [7, 11) is 0. The summed E-state index contributed by atoms with van der Waals surface area (Å²) >= 11 is 0. The lowest BCUT2D eigenvalue weighted by atomic mass is 10.0. The van der Waals surface area contributed by atoms with Crippen LogP contribution in [0.1, 0.15) is 49.0 Å². The monoisotopic (exact) mass is 331 g/mol. The zero-order valence-electron chi connectivity index (χ0n) is 14.0. The number of aromatic nitrogens is 1. The number of nitrogens with zero attached hydrogens (tertiary/aromatic N) is 2. The van der Waals surface area contributed by atoms with Crippen LogP contribution in [0.2, 0.25) is 0 Å². The van der Waals surface area contributed by atoms with Crippen LogP contribution < -0.4 is 5.32 Å². The zero-order chi connectivity index (χ0) is 16.4. The largest absolute Gasteiger partial charge is 0.382 e. The molecule has 2 saturated heterocycles. The Hall–Kier alpha value is -1.66. The average Bonchev–Trinajstić information content (AvgIpc) is 3.28. The van der Waals surface area contributed by atoms with Crippen LogP contribution in [0.3, 0.4) is 0 Å². The molecule has 0 unspecified atom stereocenters. The second-order valence-corrected chi connectivity index (χ2v) is 6.96. The van der Waals surface area contributed by atoms with E-state index < -0.39 is 5.79 Å². The van der Waals surface area contributed by atoms with Crippen molar-refractivity contribution in [1.29, 1.82) is 0 Å². The molecule has 2 aliphatic heterocycles. The minimum Gasteiger partial charge on any atom is -0.382 e. The molecule has 0 atom stereocenters. The summed E-state index contributed by atoms with van der Waals surface area (Å²) in [6, 6.07) is 4.36. The van der Waals surface area contributed by atoms with E-state index >= 15 is 0 Å². The quantitative estimate of drug-likeness (QED) is 0.921. The maximum atomic E-state index is 12.7. The highest BCUT2D eigenvalue weighted by atomic mass is 16.7. The first-order chi connectivity index (χ1) is 11.7. The van der Waals surface area contributed by atoms with E-state index in [1.807, 2.05) is 17.0 Å². The predicted octanol–water partition coefficient (Wildman–Crippen LogP) is 2.42. The minimum absolute atomic E-state index is 0.00193. The molecule has 1 spiro atoms. The van der Waals surface area contributed by atoms with Crippen LogP contribution in [0.5, 0.6) is 0 Å². The Bertz CT molecular complexity index is 585. The van der Waals surface area contributed by atoms with E-state index in [1.54, 1.807) is 6.20 Å². The van der Waals surface area contributed by atoms with Crippen LogP contribution in [-0.4, -0.2) is 53.9 Å². The SMILES string of the molecule is O=C(c1cc(NC2CCCC2)ccn1)N1CCC2(CC1)OCCO2. The Morgan fingerprint density at radius 3 is 2.62 bits per heavy atom. The Kier molecular flexibility index (Phi) is 4.41. The Morgan fingerprint density at radius 1 is 1.21 bits per heavy atom. The van der Waals surface area contributed by atoms with Gasteiger partial charge < -0.3 is 19.7 Å². The fourth-order valence-corrected chi connectivity index (χ4v) is 3.94. The van der Waals surface area contributed by atoms with E-state index in [9.17, 15) is 4.79 Å². The molecule has 1 aromatic heterocycles. The highest BCUT2D eigenvalue weighted by Crippen LogP contribution is 2.31. The Balaban J connectivity index is 1.39. The molecular formula is C18H25N3O3. The van der Waals surface area contributed by atoms with Crippen LogP contribution in [0.15, 0.2) is 18.3 Å². The van der Waals surface area contributed by atoms with E-state index in [4.69, 9.17) is 9.47 Å². The summed E-state index contributed by atoms with van der Waals surface area (Å²) in [4.78, 5) is 18.9. The van der Waals surface area contributed by atoms with E-state index in [0.29, 0.717) is 38.0 Å². The van der Waals surface area contributed by atoms with Crippen LogP contribution in [-0.2, 0) is 9.47 Å². The molecule has 24 heavy (non-hydrogen) atoms. The number of piperidine rings is 1. The maximum Gasteiger partial charge on any atom is 0.272 e. The highest BCUT2D eigenvalue weighted by molar-refractivity contribution is 5.93. The van der Waals surface area contributed by atoms with Crippen molar-refractivity contribution in [2.45, 2.75) is 50.4 Å². The van der Waals surface area contributed by atoms with E-state index in [-0.39, 0.29) is 5.91 Å². The summed E-state index contributed by atoms with van der Waals surface area (Å²) in [5, 5.41) is 3.53. The van der Waals surface area contributed by atoms with Crippen molar-refractivity contribution in [2.24, 2.45) is 0 Å². The van der Waals surface area contributed by atoms with Gasteiger partial charge in [0.05, 0.1) is 13.2 Å². The minimum atomic E-state index is -0.448. The van der Waals surface area contributed by atoms with Crippen molar-refractivity contribution in [3.8, 4) is 0 Å². The molecule has 4 rings (SSSR count). The second kappa shape index (κ2) is 6.69. The van der Waals surface area contributed by atoms with Gasteiger partial charge in [0.2, 0.25) is 0 Å². The van der Waals surface area contributed by atoms with Crippen molar-refractivity contribution in [1.82, 2.24) is 9.88 Å². The van der Waals surface area contributed by atoms with E-state index in [2.05, 4.69) is 10.3 Å². The van der Waals surface area contributed by atoms with Crippen molar-refractivity contribution in [3.63, 3.8) is 0 Å². The van der Waals surface area contributed by atoms with Crippen LogP contribution in [0.4, 0.5) is 5.69 Å². The smallest absolute Gasteiger partial charge is 0.272 e. The lowest BCUT2D eigenvalue weighted by Crippen LogP contribution is -2.47. The van der Waals surface area contributed by atoms with E-state index in [1.165, 1.54) is 25.7 Å². The summed E-state index contributed by atoms with van der Waals surface area (Å²) < 4.78 is 11.4. The van der Waals surface area contributed by atoms with Gasteiger partial charge >= 0.3 is 0 Å². The van der Waals surface area contributed by atoms with Gasteiger partial charge in [0, 0.05) is 43.9 Å². The average molecular weight is 331 g/mol. The molecule has 1 amide bonds. The standard InChI is InChI=1S/C18H25N3O3/c22-17(21-9-6-18(7-10-21)23-11-12-24-18)16-13-15(5-8-19-16)20-14-3-1-2-4-14/h5,8,13-14H,1-4,6-7,9-12H2,(H,19,20). The van der Waals surface area contributed by atoms with Crippen LogP contribution in [0.25, 0.3) is 0 Å². The van der Waals surface area contributed by atoms with Crippen molar-refractivity contribution in [3.05, 3.63) is 24.0 Å². The molecule has 1 N–H and O–H groups in total. The fraction of sp³-hybridized carbons (Fsp3) is 0.667. The summed E-state index contributed by atoms with van der Waals surface area (Å²) in [6.07, 6.45) is 8.18. The number of rotatable bonds is 3. The summed E-state index contributed by atoms with van der Waals surface area (Å²) in [5.41, 5.74) is 1.51. The Morgan fingerprint density at radius 2 is 1.92 bits per heavy atom. The third-order valence-electron chi connectivity index (χ3n) is 5.33. The Labute approximate surface area is 142 Å². The molecular weight excluding hydrogens is 306 g/mol. The number of nitrogens with one attached hydrogen (secondary N) is 1. The topological polar surface area (TPSA) is 63.7 Å². The molecule has 6 heteroatoms. The van der Waals surface area contributed by atoms with Gasteiger partial charge in [0.25, 0.3) is 5.91 Å². The van der Waals surface area contributed by atoms with Gasteiger partial charge in [-0.3, -0.25) is 9.78 Å². The lowest BCUT2D eigenvalue weighted by Gasteiger charge is -2.37. The molecule has 130 valence electrons. The molecule has 6 nitrogen and oxygen atoms in total. The molecule has 0 bridgehead atoms. The molecule has 3 fully saturated rings. The number of hydrogen-bond acceptors (Lipinski definition) is 5. The third kappa shape index (κ3) is 3.26.